The zero-order valence-electron chi connectivity index (χ0n) is 16.3. The summed E-state index contributed by atoms with van der Waals surface area (Å²) in [5, 5.41) is 13.5. The number of thiophene rings is 1. The number of benzene rings is 2. The summed E-state index contributed by atoms with van der Waals surface area (Å²) in [5.74, 6) is -0.320. The van der Waals surface area contributed by atoms with Gasteiger partial charge < -0.3 is 9.84 Å². The lowest BCUT2D eigenvalue weighted by atomic mass is 10.1. The molecule has 0 saturated carbocycles. The number of hydrogen-bond donors (Lipinski definition) is 1. The predicted molar refractivity (Wildman–Crippen MR) is 118 cm³/mol. The van der Waals surface area contributed by atoms with Crippen molar-refractivity contribution in [3.05, 3.63) is 65.1 Å². The molecule has 1 unspecified atom stereocenters. The molecule has 1 aliphatic heterocycles. The fourth-order valence-electron chi connectivity index (χ4n) is 3.62. The van der Waals surface area contributed by atoms with E-state index in [1.807, 2.05) is 34.5 Å². The molecule has 30 heavy (non-hydrogen) atoms. The number of carbonyl (C=O) groups is 1. The summed E-state index contributed by atoms with van der Waals surface area (Å²) in [5.41, 5.74) is 2.18. The molecule has 2 heterocycles. The van der Waals surface area contributed by atoms with Crippen molar-refractivity contribution < 1.29 is 19.0 Å². The van der Waals surface area contributed by atoms with Crippen LogP contribution in [0.3, 0.4) is 0 Å². The highest BCUT2D eigenvalue weighted by molar-refractivity contribution is 7.99. The Bertz CT molecular complexity index is 1010. The van der Waals surface area contributed by atoms with Crippen molar-refractivity contribution in [2.75, 3.05) is 19.7 Å². The Morgan fingerprint density at radius 2 is 2.13 bits per heavy atom. The number of nitrogens with zero attached hydrogens (tertiary/aromatic N) is 1. The maximum Gasteiger partial charge on any atom is 0.320 e. The van der Waals surface area contributed by atoms with Crippen molar-refractivity contribution in [2.24, 2.45) is 0 Å². The second-order valence-electron chi connectivity index (χ2n) is 7.11. The molecule has 2 aromatic carbocycles. The second-order valence-corrected chi connectivity index (χ2v) is 9.01. The van der Waals surface area contributed by atoms with Crippen LogP contribution in [0, 0.1) is 5.82 Å². The van der Waals surface area contributed by atoms with Crippen molar-refractivity contribution in [1.29, 1.82) is 0 Å². The van der Waals surface area contributed by atoms with Crippen LogP contribution in [0.15, 0.2) is 69.1 Å². The van der Waals surface area contributed by atoms with Gasteiger partial charge in [0.15, 0.2) is 0 Å². The Morgan fingerprint density at radius 1 is 1.23 bits per heavy atom. The maximum atomic E-state index is 13.6. The number of aliphatic carboxylic acids is 1. The SMILES string of the molecule is O=C(O)C1CCCN1CCOc1cc(-c2ccsc2)ccc1Sc1cccc(F)c1. The number of carboxylic acids is 1. The lowest BCUT2D eigenvalue weighted by molar-refractivity contribution is -0.142. The highest BCUT2D eigenvalue weighted by Crippen LogP contribution is 2.38. The van der Waals surface area contributed by atoms with E-state index in [2.05, 4.69) is 11.4 Å². The van der Waals surface area contributed by atoms with Gasteiger partial charge in [-0.25, -0.2) is 4.39 Å². The summed E-state index contributed by atoms with van der Waals surface area (Å²) in [4.78, 5) is 15.1. The lowest BCUT2D eigenvalue weighted by Gasteiger charge is -2.21. The third kappa shape index (κ3) is 5.03. The molecule has 4 nitrogen and oxygen atoms in total. The molecule has 1 N–H and O–H groups in total. The summed E-state index contributed by atoms with van der Waals surface area (Å²) in [6.45, 7) is 1.73. The van der Waals surface area contributed by atoms with E-state index in [1.54, 1.807) is 17.4 Å². The average molecular weight is 444 g/mol. The molecule has 1 fully saturated rings. The van der Waals surface area contributed by atoms with E-state index in [9.17, 15) is 14.3 Å². The van der Waals surface area contributed by atoms with Gasteiger partial charge in [-0.05, 0) is 77.7 Å². The van der Waals surface area contributed by atoms with Crippen LogP contribution >= 0.6 is 23.1 Å². The number of rotatable bonds is 8. The van der Waals surface area contributed by atoms with Crippen molar-refractivity contribution in [1.82, 2.24) is 4.90 Å². The Balaban J connectivity index is 1.52. The van der Waals surface area contributed by atoms with E-state index < -0.39 is 12.0 Å². The number of halogens is 1. The molecule has 1 saturated heterocycles. The smallest absolute Gasteiger partial charge is 0.320 e. The molecule has 3 aromatic rings. The van der Waals surface area contributed by atoms with Crippen LogP contribution in [0.1, 0.15) is 12.8 Å². The van der Waals surface area contributed by atoms with Crippen molar-refractivity contribution >= 4 is 29.1 Å². The molecule has 7 heteroatoms. The summed E-state index contributed by atoms with van der Waals surface area (Å²) >= 11 is 3.09. The van der Waals surface area contributed by atoms with Crippen LogP contribution in [-0.4, -0.2) is 41.7 Å². The first-order valence-electron chi connectivity index (χ1n) is 9.80. The Labute approximate surface area is 183 Å². The van der Waals surface area contributed by atoms with E-state index in [-0.39, 0.29) is 5.82 Å². The lowest BCUT2D eigenvalue weighted by Crippen LogP contribution is -2.38. The zero-order valence-corrected chi connectivity index (χ0v) is 17.9. The first-order valence-corrected chi connectivity index (χ1v) is 11.6. The first-order chi connectivity index (χ1) is 14.6. The summed E-state index contributed by atoms with van der Waals surface area (Å²) < 4.78 is 19.7. The van der Waals surface area contributed by atoms with Crippen LogP contribution in [0.4, 0.5) is 4.39 Å². The molecule has 0 bridgehead atoms. The fourth-order valence-corrected chi connectivity index (χ4v) is 5.21. The number of carboxylic acid groups (broad SMARTS) is 1. The normalized spacial score (nSPS) is 16.6. The zero-order chi connectivity index (χ0) is 20.9. The van der Waals surface area contributed by atoms with Gasteiger partial charge in [-0.15, -0.1) is 0 Å². The van der Waals surface area contributed by atoms with E-state index >= 15 is 0 Å². The quantitative estimate of drug-likeness (QED) is 0.489. The molecular formula is C23H22FNO3S2. The number of likely N-dealkylation sites (tertiary alicyclic amines) is 1. The van der Waals surface area contributed by atoms with E-state index in [1.165, 1.54) is 23.9 Å². The molecule has 1 aliphatic rings. The molecule has 156 valence electrons. The maximum absolute atomic E-state index is 13.6. The molecule has 0 aliphatic carbocycles. The number of ether oxygens (including phenoxy) is 1. The van der Waals surface area contributed by atoms with Gasteiger partial charge in [0.1, 0.15) is 24.2 Å². The molecule has 1 atom stereocenters. The van der Waals surface area contributed by atoms with Gasteiger partial charge in [0, 0.05) is 11.4 Å². The van der Waals surface area contributed by atoms with Crippen LogP contribution in [0.5, 0.6) is 5.75 Å². The summed E-state index contributed by atoms with van der Waals surface area (Å²) in [6, 6.07) is 14.2. The first kappa shape index (κ1) is 20.9. The number of hydrogen-bond acceptors (Lipinski definition) is 5. The third-order valence-electron chi connectivity index (χ3n) is 5.11. The van der Waals surface area contributed by atoms with Crippen molar-refractivity contribution in [2.45, 2.75) is 28.7 Å². The monoisotopic (exact) mass is 443 g/mol. The molecule has 4 rings (SSSR count). The standard InChI is InChI=1S/C23H22FNO3S2/c24-18-3-1-4-19(14-18)30-22-7-6-16(17-8-12-29-15-17)13-21(22)28-11-10-25-9-2-5-20(25)23(26)27/h1,3-4,6-8,12-15,20H,2,5,9-11H2,(H,26,27). The topological polar surface area (TPSA) is 49.8 Å². The Kier molecular flexibility index (Phi) is 6.72. The van der Waals surface area contributed by atoms with Gasteiger partial charge >= 0.3 is 5.97 Å². The minimum atomic E-state index is -0.769. The van der Waals surface area contributed by atoms with Crippen LogP contribution in [-0.2, 0) is 4.79 Å². The Hall–Kier alpha value is -2.35. The minimum absolute atomic E-state index is 0.272. The average Bonchev–Trinajstić information content (AvgIpc) is 3.41. The van der Waals surface area contributed by atoms with Gasteiger partial charge in [-0.3, -0.25) is 9.69 Å². The molecule has 0 amide bonds. The van der Waals surface area contributed by atoms with E-state index in [0.29, 0.717) is 19.6 Å². The van der Waals surface area contributed by atoms with Gasteiger partial charge in [0.2, 0.25) is 0 Å². The van der Waals surface area contributed by atoms with Gasteiger partial charge in [0.05, 0.1) is 4.90 Å². The van der Waals surface area contributed by atoms with Crippen molar-refractivity contribution in [3.8, 4) is 16.9 Å². The van der Waals surface area contributed by atoms with Crippen LogP contribution < -0.4 is 4.74 Å². The van der Waals surface area contributed by atoms with Crippen molar-refractivity contribution in [3.63, 3.8) is 0 Å². The minimum Gasteiger partial charge on any atom is -0.491 e. The highest BCUT2D eigenvalue weighted by atomic mass is 32.2. The van der Waals surface area contributed by atoms with Gasteiger partial charge in [0.25, 0.3) is 0 Å². The molecule has 0 spiro atoms. The highest BCUT2D eigenvalue weighted by Gasteiger charge is 2.30. The predicted octanol–water partition coefficient (Wildman–Crippen LogP) is 5.63. The van der Waals surface area contributed by atoms with Gasteiger partial charge in [-0.1, -0.05) is 23.9 Å². The van der Waals surface area contributed by atoms with Crippen LogP contribution in [0.2, 0.25) is 0 Å². The molecule has 0 radical (unpaired) electrons. The second kappa shape index (κ2) is 9.64. The largest absolute Gasteiger partial charge is 0.491 e. The third-order valence-corrected chi connectivity index (χ3v) is 6.84. The molecule has 1 aromatic heterocycles. The fraction of sp³-hybridized carbons (Fsp3) is 0.261. The summed E-state index contributed by atoms with van der Waals surface area (Å²) in [7, 11) is 0. The molecular weight excluding hydrogens is 421 g/mol. The van der Waals surface area contributed by atoms with E-state index in [0.717, 1.165) is 39.6 Å². The van der Waals surface area contributed by atoms with E-state index in [4.69, 9.17) is 4.74 Å². The van der Waals surface area contributed by atoms with Gasteiger partial charge in [-0.2, -0.15) is 11.3 Å². The Morgan fingerprint density at radius 3 is 2.90 bits per heavy atom. The van der Waals surface area contributed by atoms with Crippen LogP contribution in [0.25, 0.3) is 11.1 Å². The summed E-state index contributed by atoms with van der Waals surface area (Å²) in [6.07, 6.45) is 1.58.